The van der Waals surface area contributed by atoms with Crippen LogP contribution in [-0.2, 0) is 28.6 Å². The predicted molar refractivity (Wildman–Crippen MR) is 289 cm³/mol. The molecule has 0 heterocycles. The quantitative estimate of drug-likeness (QED) is 0.0262. The molecule has 0 aromatic carbocycles. The van der Waals surface area contributed by atoms with Crippen LogP contribution in [0.1, 0.15) is 303 Å². The van der Waals surface area contributed by atoms with E-state index in [1.54, 1.807) is 0 Å². The van der Waals surface area contributed by atoms with Crippen molar-refractivity contribution in [1.82, 2.24) is 0 Å². The van der Waals surface area contributed by atoms with E-state index in [0.717, 1.165) is 83.5 Å². The highest BCUT2D eigenvalue weighted by atomic mass is 16.6. The fourth-order valence-electron chi connectivity index (χ4n) is 8.35. The van der Waals surface area contributed by atoms with Gasteiger partial charge < -0.3 is 14.2 Å². The summed E-state index contributed by atoms with van der Waals surface area (Å²) in [5.41, 5.74) is 0. The highest BCUT2D eigenvalue weighted by molar-refractivity contribution is 5.71. The van der Waals surface area contributed by atoms with E-state index in [0.29, 0.717) is 19.3 Å². The average molecular weight is 940 g/mol. The van der Waals surface area contributed by atoms with Crippen LogP contribution in [0.4, 0.5) is 0 Å². The largest absolute Gasteiger partial charge is 0.462 e. The minimum absolute atomic E-state index is 0.0798. The first kappa shape index (κ1) is 64.4. The molecule has 6 nitrogen and oxygen atoms in total. The standard InChI is InChI=1S/C61H110O6/c1-4-7-10-13-16-19-22-25-28-29-30-31-34-36-39-42-45-48-51-54-60(63)66-57-58(67-61(64)55-52-49-46-43-40-37-33-27-24-21-18-15-12-9-6-3)56-65-59(62)53-50-47-44-41-38-35-32-26-23-20-17-14-11-8-5-2/h16,19,25-28,32-33,58H,4-15,17-18,20-24,29-31,34-57H2,1-3H3. The Morgan fingerprint density at radius 1 is 0.299 bits per heavy atom. The van der Waals surface area contributed by atoms with Crippen molar-refractivity contribution in [2.45, 2.75) is 309 Å². The molecule has 0 saturated heterocycles. The zero-order chi connectivity index (χ0) is 48.6. The van der Waals surface area contributed by atoms with Gasteiger partial charge in [0.2, 0.25) is 0 Å². The van der Waals surface area contributed by atoms with E-state index in [2.05, 4.69) is 69.4 Å². The molecule has 6 heteroatoms. The van der Waals surface area contributed by atoms with Crippen molar-refractivity contribution in [3.63, 3.8) is 0 Å². The molecule has 390 valence electrons. The van der Waals surface area contributed by atoms with E-state index >= 15 is 0 Å². The van der Waals surface area contributed by atoms with Crippen LogP contribution in [0.5, 0.6) is 0 Å². The molecular weight excluding hydrogens is 829 g/mol. The lowest BCUT2D eigenvalue weighted by Crippen LogP contribution is -2.30. The molecule has 0 aliphatic heterocycles. The number of unbranched alkanes of at least 4 members (excludes halogenated alkanes) is 34. The summed E-state index contributed by atoms with van der Waals surface area (Å²) in [4.78, 5) is 38.2. The van der Waals surface area contributed by atoms with Crippen molar-refractivity contribution in [2.75, 3.05) is 13.2 Å². The monoisotopic (exact) mass is 939 g/mol. The van der Waals surface area contributed by atoms with Crippen LogP contribution < -0.4 is 0 Å². The SMILES string of the molecule is CCCCCC=CCC=CCCCCCCCCCCCC(=O)OCC(COC(=O)CCCCCCCC=CCCCCCCCC)OC(=O)CCCCCCCC=CCCCCCCCC. The van der Waals surface area contributed by atoms with Crippen LogP contribution in [0.15, 0.2) is 48.6 Å². The smallest absolute Gasteiger partial charge is 0.306 e. The lowest BCUT2D eigenvalue weighted by atomic mass is 10.1. The number of esters is 3. The third-order valence-corrected chi connectivity index (χ3v) is 12.8. The molecule has 0 amide bonds. The first-order valence-corrected chi connectivity index (χ1v) is 29.1. The molecule has 0 saturated carbocycles. The number of ether oxygens (including phenoxy) is 3. The second-order valence-electron chi connectivity index (χ2n) is 19.5. The van der Waals surface area contributed by atoms with Gasteiger partial charge >= 0.3 is 17.9 Å². The molecule has 0 bridgehead atoms. The molecule has 0 aliphatic carbocycles. The van der Waals surface area contributed by atoms with E-state index < -0.39 is 6.10 Å². The molecular formula is C61H110O6. The Labute approximate surface area is 416 Å². The first-order chi connectivity index (χ1) is 33.0. The highest BCUT2D eigenvalue weighted by Gasteiger charge is 2.19. The fraction of sp³-hybridized carbons (Fsp3) is 0.820. The lowest BCUT2D eigenvalue weighted by molar-refractivity contribution is -0.167. The Kier molecular flexibility index (Phi) is 53.8. The molecule has 0 aromatic heterocycles. The van der Waals surface area contributed by atoms with Gasteiger partial charge in [-0.15, -0.1) is 0 Å². The van der Waals surface area contributed by atoms with E-state index in [1.807, 2.05) is 0 Å². The third kappa shape index (κ3) is 54.2. The minimum Gasteiger partial charge on any atom is -0.462 e. The summed E-state index contributed by atoms with van der Waals surface area (Å²) in [7, 11) is 0. The van der Waals surface area contributed by atoms with Gasteiger partial charge in [0.15, 0.2) is 6.10 Å². The Balaban J connectivity index is 4.37. The summed E-state index contributed by atoms with van der Waals surface area (Å²) in [6.45, 7) is 6.62. The van der Waals surface area contributed by atoms with Gasteiger partial charge in [-0.2, -0.15) is 0 Å². The van der Waals surface area contributed by atoms with Crippen LogP contribution >= 0.6 is 0 Å². The van der Waals surface area contributed by atoms with Gasteiger partial charge in [0.25, 0.3) is 0 Å². The van der Waals surface area contributed by atoms with Crippen LogP contribution in [0.3, 0.4) is 0 Å². The van der Waals surface area contributed by atoms with Crippen molar-refractivity contribution in [2.24, 2.45) is 0 Å². The molecule has 0 radical (unpaired) electrons. The summed E-state index contributed by atoms with van der Waals surface area (Å²) in [6.07, 6.45) is 68.1. The van der Waals surface area contributed by atoms with Crippen molar-refractivity contribution in [1.29, 1.82) is 0 Å². The van der Waals surface area contributed by atoms with Gasteiger partial charge in [-0.05, 0) is 103 Å². The Bertz CT molecular complexity index is 1170. The Morgan fingerprint density at radius 3 is 0.866 bits per heavy atom. The van der Waals surface area contributed by atoms with Crippen molar-refractivity contribution >= 4 is 17.9 Å². The van der Waals surface area contributed by atoms with Gasteiger partial charge in [-0.3, -0.25) is 14.4 Å². The van der Waals surface area contributed by atoms with Crippen LogP contribution in [0.2, 0.25) is 0 Å². The molecule has 1 atom stereocenters. The van der Waals surface area contributed by atoms with E-state index in [4.69, 9.17) is 14.2 Å². The lowest BCUT2D eigenvalue weighted by Gasteiger charge is -2.18. The summed E-state index contributed by atoms with van der Waals surface area (Å²) >= 11 is 0. The number of carbonyl (C=O) groups excluding carboxylic acids is 3. The minimum atomic E-state index is -0.782. The van der Waals surface area contributed by atoms with Crippen LogP contribution in [-0.4, -0.2) is 37.2 Å². The third-order valence-electron chi connectivity index (χ3n) is 12.8. The summed E-state index contributed by atoms with van der Waals surface area (Å²) < 4.78 is 16.9. The van der Waals surface area contributed by atoms with Crippen molar-refractivity contribution in [3.05, 3.63) is 48.6 Å². The van der Waals surface area contributed by atoms with E-state index in [1.165, 1.54) is 180 Å². The van der Waals surface area contributed by atoms with Gasteiger partial charge in [0.05, 0.1) is 0 Å². The molecule has 1 unspecified atom stereocenters. The van der Waals surface area contributed by atoms with Crippen LogP contribution in [0.25, 0.3) is 0 Å². The topological polar surface area (TPSA) is 78.9 Å². The Hall–Kier alpha value is -2.63. The molecule has 0 N–H and O–H groups in total. The summed E-state index contributed by atoms with van der Waals surface area (Å²) in [5.74, 6) is -0.887. The zero-order valence-corrected chi connectivity index (χ0v) is 44.7. The average Bonchev–Trinajstić information content (AvgIpc) is 3.33. The molecule has 0 aromatic rings. The number of hydrogen-bond donors (Lipinski definition) is 0. The van der Waals surface area contributed by atoms with Crippen molar-refractivity contribution < 1.29 is 28.6 Å². The number of hydrogen-bond acceptors (Lipinski definition) is 6. The predicted octanol–water partition coefficient (Wildman–Crippen LogP) is 19.4. The Morgan fingerprint density at radius 2 is 0.537 bits per heavy atom. The second-order valence-corrected chi connectivity index (χ2v) is 19.5. The van der Waals surface area contributed by atoms with Crippen LogP contribution in [0, 0.1) is 0 Å². The molecule has 0 aliphatic rings. The van der Waals surface area contributed by atoms with Gasteiger partial charge in [0.1, 0.15) is 13.2 Å². The number of allylic oxidation sites excluding steroid dienone is 8. The molecule has 67 heavy (non-hydrogen) atoms. The maximum absolute atomic E-state index is 12.8. The molecule has 0 rings (SSSR count). The van der Waals surface area contributed by atoms with E-state index in [9.17, 15) is 14.4 Å². The normalized spacial score (nSPS) is 12.3. The number of carbonyl (C=O) groups is 3. The fourth-order valence-corrected chi connectivity index (χ4v) is 8.35. The van der Waals surface area contributed by atoms with Gasteiger partial charge in [-0.25, -0.2) is 0 Å². The van der Waals surface area contributed by atoms with Gasteiger partial charge in [-0.1, -0.05) is 230 Å². The maximum Gasteiger partial charge on any atom is 0.306 e. The first-order valence-electron chi connectivity index (χ1n) is 29.1. The van der Waals surface area contributed by atoms with Gasteiger partial charge in [0, 0.05) is 19.3 Å². The maximum atomic E-state index is 12.8. The summed E-state index contributed by atoms with van der Waals surface area (Å²) in [5, 5.41) is 0. The summed E-state index contributed by atoms with van der Waals surface area (Å²) in [6, 6.07) is 0. The highest BCUT2D eigenvalue weighted by Crippen LogP contribution is 2.15. The number of rotatable bonds is 53. The molecule has 0 fully saturated rings. The second kappa shape index (κ2) is 56.0. The molecule has 0 spiro atoms. The van der Waals surface area contributed by atoms with Crippen molar-refractivity contribution in [3.8, 4) is 0 Å². The van der Waals surface area contributed by atoms with E-state index in [-0.39, 0.29) is 31.1 Å². The zero-order valence-electron chi connectivity index (χ0n) is 44.7.